The predicted octanol–water partition coefficient (Wildman–Crippen LogP) is -3.80. The Hall–Kier alpha value is -0.320. The molecule has 0 rings (SSSR count). The Kier molecular flexibility index (Phi) is 8.30. The third kappa shape index (κ3) is 5.85. The summed E-state index contributed by atoms with van der Waals surface area (Å²) in [4.78, 5) is 20.9. The van der Waals surface area contributed by atoms with Crippen LogP contribution < -0.4 is 40.4 Å². The van der Waals surface area contributed by atoms with E-state index in [9.17, 15) is 14.7 Å². The number of carbonyl (C=O) groups excluding carboxylic acids is 2. The zero-order chi connectivity index (χ0) is 9.72. The van der Waals surface area contributed by atoms with Crippen LogP contribution in [0.4, 0.5) is 0 Å². The molecule has 4 nitrogen and oxygen atoms in total. The SMILES string of the molecule is CC=C(CC(C)C(=O)[O-])C(N)=O.[Na+]. The van der Waals surface area contributed by atoms with Crippen LogP contribution in [0.5, 0.6) is 0 Å². The first kappa shape index (κ1) is 15.2. The van der Waals surface area contributed by atoms with Crippen molar-refractivity contribution in [3.05, 3.63) is 11.6 Å². The van der Waals surface area contributed by atoms with Crippen LogP contribution in [-0.4, -0.2) is 11.9 Å². The number of carboxylic acids is 1. The number of rotatable bonds is 4. The Morgan fingerprint density at radius 3 is 2.23 bits per heavy atom. The average molecular weight is 193 g/mol. The minimum Gasteiger partial charge on any atom is -0.550 e. The molecule has 1 unspecified atom stereocenters. The van der Waals surface area contributed by atoms with Crippen molar-refractivity contribution in [3.63, 3.8) is 0 Å². The van der Waals surface area contributed by atoms with Crippen molar-refractivity contribution in [2.75, 3.05) is 0 Å². The Morgan fingerprint density at radius 2 is 2.00 bits per heavy atom. The molecule has 0 aromatic rings. The number of carboxylic acid groups (broad SMARTS) is 1. The van der Waals surface area contributed by atoms with Crippen LogP contribution >= 0.6 is 0 Å². The molecule has 1 amide bonds. The van der Waals surface area contributed by atoms with Crippen molar-refractivity contribution in [2.45, 2.75) is 20.3 Å². The molecule has 0 heterocycles. The number of nitrogens with two attached hydrogens (primary N) is 1. The van der Waals surface area contributed by atoms with E-state index in [4.69, 9.17) is 5.73 Å². The van der Waals surface area contributed by atoms with Gasteiger partial charge in [0.05, 0.1) is 0 Å². The van der Waals surface area contributed by atoms with Crippen LogP contribution in [0, 0.1) is 5.92 Å². The zero-order valence-electron chi connectivity index (χ0n) is 8.16. The maximum Gasteiger partial charge on any atom is 1.00 e. The smallest absolute Gasteiger partial charge is 0.550 e. The van der Waals surface area contributed by atoms with E-state index in [0.29, 0.717) is 5.57 Å². The van der Waals surface area contributed by atoms with Gasteiger partial charge >= 0.3 is 29.6 Å². The van der Waals surface area contributed by atoms with Crippen LogP contribution in [0.15, 0.2) is 11.6 Å². The van der Waals surface area contributed by atoms with Gasteiger partial charge in [-0.05, 0) is 19.3 Å². The summed E-state index contributed by atoms with van der Waals surface area (Å²) < 4.78 is 0. The Morgan fingerprint density at radius 1 is 1.54 bits per heavy atom. The summed E-state index contributed by atoms with van der Waals surface area (Å²) in [5.41, 5.74) is 5.30. The quantitative estimate of drug-likeness (QED) is 0.367. The first-order valence-electron chi connectivity index (χ1n) is 3.64. The zero-order valence-corrected chi connectivity index (χ0v) is 10.2. The summed E-state index contributed by atoms with van der Waals surface area (Å²) in [6.45, 7) is 3.11. The molecule has 2 N–H and O–H groups in total. The molecule has 0 saturated carbocycles. The van der Waals surface area contributed by atoms with Gasteiger partial charge < -0.3 is 15.6 Å². The van der Waals surface area contributed by atoms with Gasteiger partial charge in [-0.25, -0.2) is 0 Å². The van der Waals surface area contributed by atoms with E-state index in [1.807, 2.05) is 0 Å². The molecule has 0 aliphatic heterocycles. The summed E-state index contributed by atoms with van der Waals surface area (Å²) in [7, 11) is 0. The summed E-state index contributed by atoms with van der Waals surface area (Å²) in [5, 5.41) is 10.3. The van der Waals surface area contributed by atoms with Gasteiger partial charge in [-0.1, -0.05) is 13.0 Å². The van der Waals surface area contributed by atoms with Crippen molar-refractivity contribution in [3.8, 4) is 0 Å². The molecular weight excluding hydrogens is 181 g/mol. The van der Waals surface area contributed by atoms with Gasteiger partial charge in [-0.2, -0.15) is 0 Å². The van der Waals surface area contributed by atoms with E-state index < -0.39 is 17.8 Å². The third-order valence-corrected chi connectivity index (χ3v) is 1.59. The van der Waals surface area contributed by atoms with Gasteiger partial charge in [-0.15, -0.1) is 0 Å². The van der Waals surface area contributed by atoms with Crippen molar-refractivity contribution in [1.82, 2.24) is 0 Å². The van der Waals surface area contributed by atoms with Crippen LogP contribution in [-0.2, 0) is 9.59 Å². The molecule has 0 spiro atoms. The van der Waals surface area contributed by atoms with E-state index in [1.165, 1.54) is 13.0 Å². The first-order valence-corrected chi connectivity index (χ1v) is 3.64. The molecule has 0 saturated heterocycles. The number of aliphatic carboxylic acids is 1. The van der Waals surface area contributed by atoms with Gasteiger partial charge in [0, 0.05) is 11.5 Å². The summed E-state index contributed by atoms with van der Waals surface area (Å²) >= 11 is 0. The second-order valence-electron chi connectivity index (χ2n) is 2.60. The van der Waals surface area contributed by atoms with E-state index in [-0.39, 0.29) is 36.0 Å². The van der Waals surface area contributed by atoms with Crippen molar-refractivity contribution in [2.24, 2.45) is 11.7 Å². The third-order valence-electron chi connectivity index (χ3n) is 1.59. The van der Waals surface area contributed by atoms with E-state index in [1.54, 1.807) is 6.92 Å². The van der Waals surface area contributed by atoms with Crippen molar-refractivity contribution >= 4 is 11.9 Å². The maximum absolute atomic E-state index is 10.6. The Labute approximate surface area is 99.5 Å². The molecule has 0 aliphatic rings. The number of amides is 1. The van der Waals surface area contributed by atoms with Gasteiger partial charge in [0.25, 0.3) is 0 Å². The van der Waals surface area contributed by atoms with Crippen LogP contribution in [0.25, 0.3) is 0 Å². The Balaban J connectivity index is 0. The van der Waals surface area contributed by atoms with E-state index in [0.717, 1.165) is 0 Å². The minimum absolute atomic E-state index is 0. The average Bonchev–Trinajstić information content (AvgIpc) is 1.98. The minimum atomic E-state index is -1.17. The molecule has 0 aliphatic carbocycles. The van der Waals surface area contributed by atoms with Crippen molar-refractivity contribution in [1.29, 1.82) is 0 Å². The molecule has 0 radical (unpaired) electrons. The molecule has 0 aromatic carbocycles. The molecule has 68 valence electrons. The van der Waals surface area contributed by atoms with Gasteiger partial charge in [-0.3, -0.25) is 4.79 Å². The topological polar surface area (TPSA) is 83.2 Å². The molecule has 0 fully saturated rings. The fourth-order valence-electron chi connectivity index (χ4n) is 0.774. The normalized spacial score (nSPS) is 12.9. The summed E-state index contributed by atoms with van der Waals surface area (Å²) in [6.07, 6.45) is 1.65. The standard InChI is InChI=1S/C8H13NO3.Na/c1-3-6(7(9)10)4-5(2)8(11)12;/h3,5H,4H2,1-2H3,(H2,9,10)(H,11,12);/q;+1/p-1. The summed E-state index contributed by atoms with van der Waals surface area (Å²) in [6, 6.07) is 0. The molecular formula is C8H12NNaO3. The number of hydrogen-bond acceptors (Lipinski definition) is 3. The predicted molar refractivity (Wildman–Crippen MR) is 41.7 cm³/mol. The summed E-state index contributed by atoms with van der Waals surface area (Å²) in [5.74, 6) is -2.43. The van der Waals surface area contributed by atoms with Crippen LogP contribution in [0.2, 0.25) is 0 Å². The molecule has 13 heavy (non-hydrogen) atoms. The second kappa shape index (κ2) is 7.12. The van der Waals surface area contributed by atoms with Gasteiger partial charge in [0.15, 0.2) is 0 Å². The van der Waals surface area contributed by atoms with E-state index >= 15 is 0 Å². The van der Waals surface area contributed by atoms with E-state index in [2.05, 4.69) is 0 Å². The van der Waals surface area contributed by atoms with Crippen LogP contribution in [0.3, 0.4) is 0 Å². The monoisotopic (exact) mass is 193 g/mol. The molecule has 1 atom stereocenters. The largest absolute Gasteiger partial charge is 1.00 e. The number of hydrogen-bond donors (Lipinski definition) is 1. The number of primary amides is 1. The Bertz CT molecular complexity index is 225. The van der Waals surface area contributed by atoms with Gasteiger partial charge in [0.1, 0.15) is 0 Å². The molecule has 0 aromatic heterocycles. The van der Waals surface area contributed by atoms with Crippen LogP contribution in [0.1, 0.15) is 20.3 Å². The van der Waals surface area contributed by atoms with Gasteiger partial charge in [0.2, 0.25) is 5.91 Å². The second-order valence-corrected chi connectivity index (χ2v) is 2.60. The number of allylic oxidation sites excluding steroid dienone is 1. The number of carbonyl (C=O) groups is 2. The fraction of sp³-hybridized carbons (Fsp3) is 0.500. The van der Waals surface area contributed by atoms with Crippen molar-refractivity contribution < 1.29 is 44.3 Å². The molecule has 5 heteroatoms. The molecule has 0 bridgehead atoms. The first-order chi connectivity index (χ1) is 5.49. The fourth-order valence-corrected chi connectivity index (χ4v) is 0.774. The maximum atomic E-state index is 10.6.